The summed E-state index contributed by atoms with van der Waals surface area (Å²) in [4.78, 5) is 12.2. The molecule has 0 saturated heterocycles. The summed E-state index contributed by atoms with van der Waals surface area (Å²) in [6.07, 6.45) is 1.77. The van der Waals surface area contributed by atoms with E-state index in [9.17, 15) is 9.18 Å². The van der Waals surface area contributed by atoms with Gasteiger partial charge in [-0.2, -0.15) is 5.10 Å². The second-order valence-corrected chi connectivity index (χ2v) is 4.74. The predicted octanol–water partition coefficient (Wildman–Crippen LogP) is 3.23. The Hall–Kier alpha value is -1.49. The summed E-state index contributed by atoms with van der Waals surface area (Å²) >= 11 is 3.31. The van der Waals surface area contributed by atoms with Gasteiger partial charge in [-0.15, -0.1) is 0 Å². The Morgan fingerprint density at radius 3 is 2.94 bits per heavy atom. The monoisotopic (exact) mass is 310 g/mol. The molecular formula is C13H12BrFN2O. The number of benzene rings is 1. The van der Waals surface area contributed by atoms with Gasteiger partial charge < -0.3 is 0 Å². The first-order chi connectivity index (χ1) is 8.61. The molecule has 18 heavy (non-hydrogen) atoms. The van der Waals surface area contributed by atoms with E-state index in [1.54, 1.807) is 23.0 Å². The summed E-state index contributed by atoms with van der Waals surface area (Å²) in [5.74, 6) is -0.407. The second kappa shape index (κ2) is 5.44. The number of Topliss-reactive ketones (excluding diaryl/α,β-unsaturated/α-hetero) is 1. The van der Waals surface area contributed by atoms with Crippen molar-refractivity contribution in [3.63, 3.8) is 0 Å². The average molecular weight is 311 g/mol. The largest absolute Gasteiger partial charge is 0.292 e. The first-order valence-corrected chi connectivity index (χ1v) is 6.40. The zero-order valence-corrected chi connectivity index (χ0v) is 11.4. The first-order valence-electron chi connectivity index (χ1n) is 5.60. The van der Waals surface area contributed by atoms with Crippen LogP contribution < -0.4 is 0 Å². The number of hydrogen-bond acceptors (Lipinski definition) is 2. The molecule has 5 heteroatoms. The van der Waals surface area contributed by atoms with Crippen LogP contribution in [0.5, 0.6) is 0 Å². The van der Waals surface area contributed by atoms with Gasteiger partial charge in [-0.1, -0.05) is 12.1 Å². The minimum atomic E-state index is -0.330. The van der Waals surface area contributed by atoms with Crippen LogP contribution >= 0.6 is 15.9 Å². The lowest BCUT2D eigenvalue weighted by molar-refractivity contribution is 0.0982. The third-order valence-electron chi connectivity index (χ3n) is 2.61. The molecule has 2 rings (SSSR count). The van der Waals surface area contributed by atoms with E-state index in [4.69, 9.17) is 0 Å². The van der Waals surface area contributed by atoms with Gasteiger partial charge in [0.2, 0.25) is 0 Å². The number of ketones is 1. The van der Waals surface area contributed by atoms with Crippen molar-refractivity contribution in [1.82, 2.24) is 9.78 Å². The summed E-state index contributed by atoms with van der Waals surface area (Å²) in [6.45, 7) is 2.54. The Bertz CT molecular complexity index is 580. The molecule has 0 atom stereocenters. The van der Waals surface area contributed by atoms with E-state index in [2.05, 4.69) is 21.0 Å². The Labute approximate surface area is 113 Å². The van der Waals surface area contributed by atoms with Crippen LogP contribution in [0, 0.1) is 5.82 Å². The van der Waals surface area contributed by atoms with Crippen molar-refractivity contribution in [2.45, 2.75) is 19.9 Å². The first kappa shape index (κ1) is 13.0. The number of hydrogen-bond donors (Lipinski definition) is 0. The molecule has 1 aromatic carbocycles. The van der Waals surface area contributed by atoms with Gasteiger partial charge in [0, 0.05) is 13.0 Å². The Balaban J connectivity index is 2.24. The Morgan fingerprint density at radius 2 is 2.28 bits per heavy atom. The number of rotatable bonds is 4. The Morgan fingerprint density at radius 1 is 1.50 bits per heavy atom. The van der Waals surface area contributed by atoms with E-state index in [1.165, 1.54) is 12.1 Å². The van der Waals surface area contributed by atoms with Crippen LogP contribution in [-0.2, 0) is 13.0 Å². The zero-order chi connectivity index (χ0) is 13.1. The predicted molar refractivity (Wildman–Crippen MR) is 70.0 cm³/mol. The number of carbonyl (C=O) groups is 1. The minimum Gasteiger partial charge on any atom is -0.292 e. The van der Waals surface area contributed by atoms with Gasteiger partial charge in [0.1, 0.15) is 11.5 Å². The Kier molecular flexibility index (Phi) is 3.91. The van der Waals surface area contributed by atoms with Gasteiger partial charge in [0.05, 0.1) is 10.7 Å². The summed E-state index contributed by atoms with van der Waals surface area (Å²) < 4.78 is 15.3. The lowest BCUT2D eigenvalue weighted by Gasteiger charge is -2.05. The molecule has 3 nitrogen and oxygen atoms in total. The van der Waals surface area contributed by atoms with Crippen LogP contribution in [0.4, 0.5) is 4.39 Å². The van der Waals surface area contributed by atoms with Crippen molar-refractivity contribution in [1.29, 1.82) is 0 Å². The molecule has 0 amide bonds. The number of aryl methyl sites for hydroxylation is 1. The fourth-order valence-corrected chi connectivity index (χ4v) is 2.31. The molecule has 0 saturated carbocycles. The molecule has 0 bridgehead atoms. The highest BCUT2D eigenvalue weighted by Crippen LogP contribution is 2.18. The molecule has 0 fully saturated rings. The van der Waals surface area contributed by atoms with E-state index in [0.717, 1.165) is 0 Å². The number of carbonyl (C=O) groups excluding carboxylic acids is 1. The van der Waals surface area contributed by atoms with Crippen molar-refractivity contribution in [3.8, 4) is 0 Å². The smallest absolute Gasteiger partial charge is 0.186 e. The quantitative estimate of drug-likeness (QED) is 0.813. The third-order valence-corrected chi connectivity index (χ3v) is 3.19. The molecule has 0 aliphatic rings. The molecule has 0 unspecified atom stereocenters. The topological polar surface area (TPSA) is 34.9 Å². The van der Waals surface area contributed by atoms with Gasteiger partial charge in [0.15, 0.2) is 5.78 Å². The summed E-state index contributed by atoms with van der Waals surface area (Å²) in [5, 5.41) is 4.09. The number of halogens is 2. The minimum absolute atomic E-state index is 0.0770. The maximum absolute atomic E-state index is 13.0. The maximum atomic E-state index is 13.0. The third kappa shape index (κ3) is 2.67. The number of aromatic nitrogens is 2. The van der Waals surface area contributed by atoms with E-state index < -0.39 is 0 Å². The lowest BCUT2D eigenvalue weighted by Crippen LogP contribution is -2.12. The average Bonchev–Trinajstić information content (AvgIpc) is 2.70. The molecule has 0 aliphatic heterocycles. The van der Waals surface area contributed by atoms with E-state index in [-0.39, 0.29) is 18.0 Å². The van der Waals surface area contributed by atoms with E-state index in [0.29, 0.717) is 22.3 Å². The van der Waals surface area contributed by atoms with Gasteiger partial charge in [-0.25, -0.2) is 4.39 Å². The molecule has 0 radical (unpaired) electrons. The van der Waals surface area contributed by atoms with Crippen molar-refractivity contribution < 1.29 is 9.18 Å². The fraction of sp³-hybridized carbons (Fsp3) is 0.231. The van der Waals surface area contributed by atoms with Gasteiger partial charge >= 0.3 is 0 Å². The molecular weight excluding hydrogens is 299 g/mol. The SMILES string of the molecule is CCn1ncc(Br)c1C(=O)Cc1cccc(F)c1. The summed E-state index contributed by atoms with van der Waals surface area (Å²) in [6, 6.07) is 6.07. The van der Waals surface area contributed by atoms with Crippen molar-refractivity contribution >= 4 is 21.7 Å². The normalized spacial score (nSPS) is 10.6. The molecule has 0 spiro atoms. The highest BCUT2D eigenvalue weighted by atomic mass is 79.9. The molecule has 2 aromatic rings. The number of nitrogens with zero attached hydrogens (tertiary/aromatic N) is 2. The molecule has 94 valence electrons. The summed E-state index contributed by atoms with van der Waals surface area (Å²) in [7, 11) is 0. The van der Waals surface area contributed by atoms with Gasteiger partial charge in [-0.05, 0) is 40.5 Å². The fourth-order valence-electron chi connectivity index (χ4n) is 1.80. The van der Waals surface area contributed by atoms with Crippen LogP contribution in [0.25, 0.3) is 0 Å². The van der Waals surface area contributed by atoms with Gasteiger partial charge in [0.25, 0.3) is 0 Å². The highest BCUT2D eigenvalue weighted by molar-refractivity contribution is 9.10. The van der Waals surface area contributed by atoms with Crippen LogP contribution in [0.1, 0.15) is 23.0 Å². The van der Waals surface area contributed by atoms with Crippen molar-refractivity contribution in [3.05, 3.63) is 52.0 Å². The molecule has 1 aromatic heterocycles. The molecule has 0 N–H and O–H groups in total. The maximum Gasteiger partial charge on any atom is 0.186 e. The highest BCUT2D eigenvalue weighted by Gasteiger charge is 2.16. The molecule has 1 heterocycles. The second-order valence-electron chi connectivity index (χ2n) is 3.89. The van der Waals surface area contributed by atoms with E-state index in [1.807, 2.05) is 6.92 Å². The van der Waals surface area contributed by atoms with Crippen LogP contribution in [-0.4, -0.2) is 15.6 Å². The lowest BCUT2D eigenvalue weighted by atomic mass is 10.1. The van der Waals surface area contributed by atoms with Gasteiger partial charge in [-0.3, -0.25) is 9.48 Å². The summed E-state index contributed by atoms with van der Waals surface area (Å²) in [5.41, 5.74) is 1.19. The van der Waals surface area contributed by atoms with Crippen molar-refractivity contribution in [2.75, 3.05) is 0 Å². The van der Waals surface area contributed by atoms with Crippen LogP contribution in [0.2, 0.25) is 0 Å². The van der Waals surface area contributed by atoms with Crippen molar-refractivity contribution in [2.24, 2.45) is 0 Å². The molecule has 0 aliphatic carbocycles. The van der Waals surface area contributed by atoms with E-state index >= 15 is 0 Å². The standard InChI is InChI=1S/C13H12BrFN2O/c1-2-17-13(11(14)8-16-17)12(18)7-9-4-3-5-10(15)6-9/h3-6,8H,2,7H2,1H3. The van der Waals surface area contributed by atoms with Crippen LogP contribution in [0.15, 0.2) is 34.9 Å². The van der Waals surface area contributed by atoms with Crippen LogP contribution in [0.3, 0.4) is 0 Å². The zero-order valence-electron chi connectivity index (χ0n) is 9.86.